The molecule has 84 valence electrons. The maximum atomic E-state index is 11.5. The van der Waals surface area contributed by atoms with E-state index in [1.807, 2.05) is 0 Å². The highest BCUT2D eigenvalue weighted by Gasteiger charge is 2.05. The second-order valence-electron chi connectivity index (χ2n) is 3.27. The lowest BCUT2D eigenvalue weighted by molar-refractivity contribution is 0.0951. The molecule has 1 rings (SSSR count). The van der Waals surface area contributed by atoms with Gasteiger partial charge in [-0.3, -0.25) is 9.59 Å². The van der Waals surface area contributed by atoms with Crippen LogP contribution in [0.25, 0.3) is 0 Å². The summed E-state index contributed by atoms with van der Waals surface area (Å²) >= 11 is 0. The zero-order chi connectivity index (χ0) is 12.0. The van der Waals surface area contributed by atoms with Gasteiger partial charge in [0, 0.05) is 17.7 Å². The van der Waals surface area contributed by atoms with Gasteiger partial charge in [0.25, 0.3) is 5.91 Å². The van der Waals surface area contributed by atoms with Gasteiger partial charge in [-0.15, -0.1) is 6.58 Å². The van der Waals surface area contributed by atoms with Crippen molar-refractivity contribution in [3.05, 3.63) is 48.0 Å². The number of hydrogen-bond donors (Lipinski definition) is 2. The quantitative estimate of drug-likeness (QED) is 0.573. The summed E-state index contributed by atoms with van der Waals surface area (Å²) in [7, 11) is 0. The van der Waals surface area contributed by atoms with E-state index in [4.69, 9.17) is 5.73 Å². The normalized spacial score (nSPS) is 9.50. The average molecular weight is 218 g/mol. The van der Waals surface area contributed by atoms with E-state index in [1.165, 1.54) is 12.1 Å². The summed E-state index contributed by atoms with van der Waals surface area (Å²) in [6, 6.07) is 6.21. The Morgan fingerprint density at radius 1 is 1.25 bits per heavy atom. The van der Waals surface area contributed by atoms with Crippen LogP contribution in [0, 0.1) is 0 Å². The van der Waals surface area contributed by atoms with Crippen LogP contribution in [-0.2, 0) is 0 Å². The SMILES string of the molecule is C=CCCNC(=O)c1ccc(C(N)=O)cc1. The third-order valence-corrected chi connectivity index (χ3v) is 2.07. The fraction of sp³-hybridized carbons (Fsp3) is 0.167. The van der Waals surface area contributed by atoms with Gasteiger partial charge in [-0.2, -0.15) is 0 Å². The first-order chi connectivity index (χ1) is 7.65. The number of amides is 2. The molecule has 0 aliphatic heterocycles. The van der Waals surface area contributed by atoms with E-state index in [-0.39, 0.29) is 5.91 Å². The Kier molecular flexibility index (Phi) is 4.27. The second kappa shape index (κ2) is 5.70. The van der Waals surface area contributed by atoms with Crippen LogP contribution in [0.2, 0.25) is 0 Å². The third-order valence-electron chi connectivity index (χ3n) is 2.07. The van der Waals surface area contributed by atoms with E-state index in [9.17, 15) is 9.59 Å². The van der Waals surface area contributed by atoms with E-state index < -0.39 is 5.91 Å². The van der Waals surface area contributed by atoms with E-state index in [2.05, 4.69) is 11.9 Å². The monoisotopic (exact) mass is 218 g/mol. The number of carbonyl (C=O) groups is 2. The summed E-state index contributed by atoms with van der Waals surface area (Å²) in [6.45, 7) is 4.11. The van der Waals surface area contributed by atoms with Gasteiger partial charge in [-0.05, 0) is 30.7 Å². The number of benzene rings is 1. The van der Waals surface area contributed by atoms with Crippen molar-refractivity contribution in [3.63, 3.8) is 0 Å². The number of nitrogens with two attached hydrogens (primary N) is 1. The molecule has 0 heterocycles. The van der Waals surface area contributed by atoms with Crippen LogP contribution in [0.3, 0.4) is 0 Å². The van der Waals surface area contributed by atoms with Crippen LogP contribution in [0.4, 0.5) is 0 Å². The summed E-state index contributed by atoms with van der Waals surface area (Å²) in [5.41, 5.74) is 5.99. The molecule has 0 spiro atoms. The molecule has 0 bridgehead atoms. The molecule has 2 amide bonds. The Morgan fingerprint density at radius 2 is 1.81 bits per heavy atom. The molecule has 0 aliphatic carbocycles. The van der Waals surface area contributed by atoms with Crippen molar-refractivity contribution in [1.82, 2.24) is 5.32 Å². The van der Waals surface area contributed by atoms with Gasteiger partial charge in [0.15, 0.2) is 0 Å². The van der Waals surface area contributed by atoms with Gasteiger partial charge < -0.3 is 11.1 Å². The molecule has 0 aromatic heterocycles. The topological polar surface area (TPSA) is 72.2 Å². The Morgan fingerprint density at radius 3 is 2.31 bits per heavy atom. The fourth-order valence-electron chi connectivity index (χ4n) is 1.18. The van der Waals surface area contributed by atoms with Crippen molar-refractivity contribution >= 4 is 11.8 Å². The minimum atomic E-state index is -0.501. The molecule has 0 fully saturated rings. The molecule has 16 heavy (non-hydrogen) atoms. The molecule has 0 saturated carbocycles. The van der Waals surface area contributed by atoms with Crippen molar-refractivity contribution in [3.8, 4) is 0 Å². The summed E-state index contributed by atoms with van der Waals surface area (Å²) in [5, 5.41) is 2.72. The zero-order valence-electron chi connectivity index (χ0n) is 8.90. The van der Waals surface area contributed by atoms with Gasteiger partial charge in [0.05, 0.1) is 0 Å². The van der Waals surface area contributed by atoms with Gasteiger partial charge in [0.1, 0.15) is 0 Å². The Labute approximate surface area is 94.1 Å². The van der Waals surface area contributed by atoms with Crippen LogP contribution in [0.1, 0.15) is 27.1 Å². The lowest BCUT2D eigenvalue weighted by Crippen LogP contribution is -2.24. The number of nitrogens with one attached hydrogen (secondary N) is 1. The van der Waals surface area contributed by atoms with Crippen LogP contribution in [0.15, 0.2) is 36.9 Å². The Balaban J connectivity index is 2.63. The summed E-state index contributed by atoms with van der Waals surface area (Å²) in [5.74, 6) is -0.670. The van der Waals surface area contributed by atoms with Gasteiger partial charge in [-0.1, -0.05) is 6.08 Å². The standard InChI is InChI=1S/C12H14N2O2/c1-2-3-8-14-12(16)10-6-4-9(5-7-10)11(13)15/h2,4-7H,1,3,8H2,(H2,13,15)(H,14,16). The molecule has 1 aromatic rings. The van der Waals surface area contributed by atoms with Gasteiger partial charge in [-0.25, -0.2) is 0 Å². The molecule has 0 atom stereocenters. The number of rotatable bonds is 5. The molecule has 0 aliphatic rings. The third kappa shape index (κ3) is 3.24. The van der Waals surface area contributed by atoms with Crippen LogP contribution in [0.5, 0.6) is 0 Å². The Bertz CT molecular complexity index is 396. The zero-order valence-corrected chi connectivity index (χ0v) is 8.90. The van der Waals surface area contributed by atoms with E-state index in [0.717, 1.165) is 6.42 Å². The molecular weight excluding hydrogens is 204 g/mol. The summed E-state index contributed by atoms with van der Waals surface area (Å²) in [6.07, 6.45) is 2.46. The molecule has 4 nitrogen and oxygen atoms in total. The van der Waals surface area contributed by atoms with Crippen LogP contribution < -0.4 is 11.1 Å². The highest BCUT2D eigenvalue weighted by atomic mass is 16.2. The highest BCUT2D eigenvalue weighted by molar-refractivity contribution is 5.97. The predicted molar refractivity (Wildman–Crippen MR) is 62.1 cm³/mol. The van der Waals surface area contributed by atoms with Crippen LogP contribution in [-0.4, -0.2) is 18.4 Å². The first-order valence-corrected chi connectivity index (χ1v) is 4.94. The molecule has 1 aromatic carbocycles. The van der Waals surface area contributed by atoms with Crippen molar-refractivity contribution in [1.29, 1.82) is 0 Å². The van der Waals surface area contributed by atoms with E-state index >= 15 is 0 Å². The molecule has 4 heteroatoms. The highest BCUT2D eigenvalue weighted by Crippen LogP contribution is 2.03. The maximum absolute atomic E-state index is 11.5. The smallest absolute Gasteiger partial charge is 0.251 e. The average Bonchev–Trinajstić information content (AvgIpc) is 2.29. The second-order valence-corrected chi connectivity index (χ2v) is 3.27. The van der Waals surface area contributed by atoms with E-state index in [1.54, 1.807) is 18.2 Å². The summed E-state index contributed by atoms with van der Waals surface area (Å²) in [4.78, 5) is 22.3. The van der Waals surface area contributed by atoms with Crippen molar-refractivity contribution in [2.45, 2.75) is 6.42 Å². The lowest BCUT2D eigenvalue weighted by atomic mass is 10.1. The van der Waals surface area contributed by atoms with Gasteiger partial charge >= 0.3 is 0 Å². The van der Waals surface area contributed by atoms with Gasteiger partial charge in [0.2, 0.25) is 5.91 Å². The lowest BCUT2D eigenvalue weighted by Gasteiger charge is -2.03. The maximum Gasteiger partial charge on any atom is 0.251 e. The first-order valence-electron chi connectivity index (χ1n) is 4.94. The summed E-state index contributed by atoms with van der Waals surface area (Å²) < 4.78 is 0. The number of primary amides is 1. The van der Waals surface area contributed by atoms with Crippen molar-refractivity contribution in [2.24, 2.45) is 5.73 Å². The van der Waals surface area contributed by atoms with Crippen molar-refractivity contribution < 1.29 is 9.59 Å². The Hall–Kier alpha value is -2.10. The van der Waals surface area contributed by atoms with Crippen LogP contribution >= 0.6 is 0 Å². The fourth-order valence-corrected chi connectivity index (χ4v) is 1.18. The van der Waals surface area contributed by atoms with Crippen molar-refractivity contribution in [2.75, 3.05) is 6.54 Å². The largest absolute Gasteiger partial charge is 0.366 e. The minimum absolute atomic E-state index is 0.169. The number of hydrogen-bond acceptors (Lipinski definition) is 2. The minimum Gasteiger partial charge on any atom is -0.366 e. The molecule has 3 N–H and O–H groups in total. The molecule has 0 unspecified atom stereocenters. The molecule has 0 radical (unpaired) electrons. The predicted octanol–water partition coefficient (Wildman–Crippen LogP) is 1.09. The van der Waals surface area contributed by atoms with E-state index in [0.29, 0.717) is 17.7 Å². The number of carbonyl (C=O) groups excluding carboxylic acids is 2. The molecular formula is C12H14N2O2. The first kappa shape index (κ1) is 12.0. The molecule has 0 saturated heterocycles.